The van der Waals surface area contributed by atoms with Gasteiger partial charge >= 0.3 is 0 Å². The van der Waals surface area contributed by atoms with Crippen LogP contribution in [0.1, 0.15) is 27.2 Å². The van der Waals surface area contributed by atoms with Gasteiger partial charge in [0.05, 0.1) is 19.2 Å². The SMILES string of the molecule is CCc1cnc(CNC(=O)c2cc(OC)ccc2Br)s1. The average molecular weight is 355 g/mol. The Bertz CT molecular complexity index is 613. The van der Waals surface area contributed by atoms with Crippen molar-refractivity contribution in [2.24, 2.45) is 0 Å². The zero-order valence-corrected chi connectivity index (χ0v) is 13.7. The van der Waals surface area contributed by atoms with Crippen LogP contribution in [0, 0.1) is 0 Å². The highest BCUT2D eigenvalue weighted by Crippen LogP contribution is 2.22. The van der Waals surface area contributed by atoms with Crippen LogP contribution in [0.4, 0.5) is 0 Å². The molecule has 1 aromatic heterocycles. The van der Waals surface area contributed by atoms with Gasteiger partial charge in [0.1, 0.15) is 10.8 Å². The molecule has 1 N–H and O–H groups in total. The Morgan fingerprint density at radius 3 is 2.95 bits per heavy atom. The molecule has 0 bridgehead atoms. The number of aromatic nitrogens is 1. The first-order valence-electron chi connectivity index (χ1n) is 6.19. The van der Waals surface area contributed by atoms with Gasteiger partial charge < -0.3 is 10.1 Å². The van der Waals surface area contributed by atoms with E-state index in [0.717, 1.165) is 15.9 Å². The van der Waals surface area contributed by atoms with Crippen molar-refractivity contribution in [2.75, 3.05) is 7.11 Å². The second-order valence-corrected chi connectivity index (χ2v) is 6.16. The van der Waals surface area contributed by atoms with Crippen molar-refractivity contribution in [1.29, 1.82) is 0 Å². The largest absolute Gasteiger partial charge is 0.497 e. The standard InChI is InChI=1S/C14H15BrN2O2S/c1-3-10-7-16-13(20-10)8-17-14(18)11-6-9(19-2)4-5-12(11)15/h4-7H,3,8H2,1-2H3,(H,17,18). The number of nitrogens with zero attached hydrogens (tertiary/aromatic N) is 1. The lowest BCUT2D eigenvalue weighted by molar-refractivity contribution is 0.0949. The van der Waals surface area contributed by atoms with E-state index in [0.29, 0.717) is 17.9 Å². The first kappa shape index (κ1) is 15.0. The molecule has 20 heavy (non-hydrogen) atoms. The Morgan fingerprint density at radius 2 is 2.30 bits per heavy atom. The van der Waals surface area contributed by atoms with Crippen LogP contribution in [0.3, 0.4) is 0 Å². The van der Waals surface area contributed by atoms with Gasteiger partial charge in [-0.3, -0.25) is 4.79 Å². The zero-order chi connectivity index (χ0) is 14.5. The predicted octanol–water partition coefficient (Wildman–Crippen LogP) is 3.41. The number of carbonyl (C=O) groups excluding carboxylic acids is 1. The van der Waals surface area contributed by atoms with E-state index >= 15 is 0 Å². The number of carbonyl (C=O) groups is 1. The molecule has 0 radical (unpaired) electrons. The lowest BCUT2D eigenvalue weighted by atomic mass is 10.2. The highest BCUT2D eigenvalue weighted by Gasteiger charge is 2.12. The molecule has 4 nitrogen and oxygen atoms in total. The van der Waals surface area contributed by atoms with E-state index in [-0.39, 0.29) is 5.91 Å². The Hall–Kier alpha value is -1.40. The molecule has 0 saturated carbocycles. The van der Waals surface area contributed by atoms with Gasteiger partial charge in [0, 0.05) is 15.5 Å². The molecule has 0 saturated heterocycles. The van der Waals surface area contributed by atoms with Crippen molar-refractivity contribution in [1.82, 2.24) is 10.3 Å². The van der Waals surface area contributed by atoms with Crippen LogP contribution in [0.25, 0.3) is 0 Å². The average Bonchev–Trinajstić information content (AvgIpc) is 2.93. The molecule has 2 aromatic rings. The summed E-state index contributed by atoms with van der Waals surface area (Å²) in [4.78, 5) is 17.7. The van der Waals surface area contributed by atoms with Crippen LogP contribution in [0.2, 0.25) is 0 Å². The third-order valence-corrected chi connectivity index (χ3v) is 4.60. The minimum Gasteiger partial charge on any atom is -0.497 e. The van der Waals surface area contributed by atoms with E-state index in [1.807, 2.05) is 6.20 Å². The van der Waals surface area contributed by atoms with Crippen LogP contribution in [-0.4, -0.2) is 18.0 Å². The van der Waals surface area contributed by atoms with Gasteiger partial charge in [0.25, 0.3) is 5.91 Å². The summed E-state index contributed by atoms with van der Waals surface area (Å²) in [7, 11) is 1.58. The van der Waals surface area contributed by atoms with E-state index in [1.54, 1.807) is 36.6 Å². The quantitative estimate of drug-likeness (QED) is 0.894. The molecular formula is C14H15BrN2O2S. The van der Waals surface area contributed by atoms with Crippen LogP contribution in [0.15, 0.2) is 28.9 Å². The van der Waals surface area contributed by atoms with Gasteiger partial charge in [-0.2, -0.15) is 0 Å². The molecule has 0 aliphatic heterocycles. The smallest absolute Gasteiger partial charge is 0.252 e. The van der Waals surface area contributed by atoms with Gasteiger partial charge in [-0.1, -0.05) is 6.92 Å². The lowest BCUT2D eigenvalue weighted by Crippen LogP contribution is -2.23. The fourth-order valence-electron chi connectivity index (χ4n) is 1.65. The van der Waals surface area contributed by atoms with Gasteiger partial charge in [-0.15, -0.1) is 11.3 Å². The summed E-state index contributed by atoms with van der Waals surface area (Å²) >= 11 is 4.99. The molecule has 1 amide bonds. The van der Waals surface area contributed by atoms with E-state index in [9.17, 15) is 4.79 Å². The minimum absolute atomic E-state index is 0.149. The van der Waals surface area contributed by atoms with Gasteiger partial charge in [0.15, 0.2) is 0 Å². The summed E-state index contributed by atoms with van der Waals surface area (Å²) in [6, 6.07) is 5.31. The summed E-state index contributed by atoms with van der Waals surface area (Å²) in [5.74, 6) is 0.505. The number of halogens is 1. The minimum atomic E-state index is -0.149. The van der Waals surface area contributed by atoms with Crippen molar-refractivity contribution in [2.45, 2.75) is 19.9 Å². The van der Waals surface area contributed by atoms with E-state index < -0.39 is 0 Å². The summed E-state index contributed by atoms with van der Waals surface area (Å²) in [6.07, 6.45) is 2.82. The Kier molecular flexibility index (Phi) is 5.14. The normalized spacial score (nSPS) is 10.3. The maximum absolute atomic E-state index is 12.2. The monoisotopic (exact) mass is 354 g/mol. The second kappa shape index (κ2) is 6.85. The maximum atomic E-state index is 12.2. The molecule has 0 fully saturated rings. The zero-order valence-electron chi connectivity index (χ0n) is 11.3. The Labute approximate surface area is 130 Å². The number of nitrogens with one attached hydrogen (secondary N) is 1. The molecule has 6 heteroatoms. The Morgan fingerprint density at radius 1 is 1.50 bits per heavy atom. The summed E-state index contributed by atoms with van der Waals surface area (Å²) in [5.41, 5.74) is 0.552. The molecule has 106 valence electrons. The Balaban J connectivity index is 2.04. The number of benzene rings is 1. The van der Waals surface area contributed by atoms with Gasteiger partial charge in [-0.05, 0) is 40.5 Å². The number of ether oxygens (including phenoxy) is 1. The first-order valence-corrected chi connectivity index (χ1v) is 7.80. The van der Waals surface area contributed by atoms with Crippen molar-refractivity contribution in [3.05, 3.63) is 44.3 Å². The van der Waals surface area contributed by atoms with E-state index in [2.05, 4.69) is 33.2 Å². The molecular weight excluding hydrogens is 340 g/mol. The number of hydrogen-bond acceptors (Lipinski definition) is 4. The van der Waals surface area contributed by atoms with Crippen molar-refractivity contribution in [3.63, 3.8) is 0 Å². The highest BCUT2D eigenvalue weighted by molar-refractivity contribution is 9.10. The summed E-state index contributed by atoms with van der Waals surface area (Å²) < 4.78 is 5.87. The molecule has 1 aromatic carbocycles. The number of thiazole rings is 1. The van der Waals surface area contributed by atoms with Gasteiger partial charge in [-0.25, -0.2) is 4.98 Å². The fraction of sp³-hybridized carbons (Fsp3) is 0.286. The summed E-state index contributed by atoms with van der Waals surface area (Å²) in [5, 5.41) is 3.78. The van der Waals surface area contributed by atoms with Crippen LogP contribution < -0.4 is 10.1 Å². The molecule has 0 atom stereocenters. The summed E-state index contributed by atoms with van der Waals surface area (Å²) in [6.45, 7) is 2.52. The molecule has 0 aliphatic rings. The fourth-order valence-corrected chi connectivity index (χ4v) is 2.88. The van der Waals surface area contributed by atoms with Crippen LogP contribution in [0.5, 0.6) is 5.75 Å². The first-order chi connectivity index (χ1) is 9.63. The highest BCUT2D eigenvalue weighted by atomic mass is 79.9. The van der Waals surface area contributed by atoms with E-state index in [1.165, 1.54) is 4.88 Å². The molecule has 0 unspecified atom stereocenters. The van der Waals surface area contributed by atoms with Crippen LogP contribution >= 0.6 is 27.3 Å². The third kappa shape index (κ3) is 3.58. The van der Waals surface area contributed by atoms with Crippen molar-refractivity contribution >= 4 is 33.2 Å². The number of amides is 1. The lowest BCUT2D eigenvalue weighted by Gasteiger charge is -2.07. The molecule has 0 spiro atoms. The van der Waals surface area contributed by atoms with Crippen molar-refractivity contribution < 1.29 is 9.53 Å². The topological polar surface area (TPSA) is 51.2 Å². The second-order valence-electron chi connectivity index (χ2n) is 4.10. The van der Waals surface area contributed by atoms with Gasteiger partial charge in [0.2, 0.25) is 0 Å². The van der Waals surface area contributed by atoms with Crippen molar-refractivity contribution in [3.8, 4) is 5.75 Å². The molecule has 0 aliphatic carbocycles. The number of rotatable bonds is 5. The number of methoxy groups -OCH3 is 1. The third-order valence-electron chi connectivity index (χ3n) is 2.77. The molecule has 1 heterocycles. The van der Waals surface area contributed by atoms with E-state index in [4.69, 9.17) is 4.74 Å². The number of aryl methyl sites for hydroxylation is 1. The van der Waals surface area contributed by atoms with Crippen LogP contribution in [-0.2, 0) is 13.0 Å². The number of hydrogen-bond donors (Lipinski definition) is 1. The predicted molar refractivity (Wildman–Crippen MR) is 83.4 cm³/mol. The molecule has 2 rings (SSSR count). The maximum Gasteiger partial charge on any atom is 0.252 e.